The number of carbonyl (C=O) groups excluding carboxylic acids is 1. The molecule has 0 radical (unpaired) electrons. The monoisotopic (exact) mass is 292 g/mol. The van der Waals surface area contributed by atoms with E-state index in [2.05, 4.69) is 26.0 Å². The predicted octanol–water partition coefficient (Wildman–Crippen LogP) is 3.23. The maximum Gasteiger partial charge on any atom is 0.302 e. The minimum atomic E-state index is -0.240. The molecule has 0 saturated carbocycles. The van der Waals surface area contributed by atoms with Gasteiger partial charge < -0.3 is 14.2 Å². The van der Waals surface area contributed by atoms with Gasteiger partial charge in [0.15, 0.2) is 6.29 Å². The maximum absolute atomic E-state index is 10.9. The van der Waals surface area contributed by atoms with E-state index in [0.29, 0.717) is 13.2 Å². The Morgan fingerprint density at radius 2 is 2.00 bits per heavy atom. The molecule has 0 aromatic heterocycles. The number of ether oxygens (including phenoxy) is 3. The molecule has 1 fully saturated rings. The Morgan fingerprint density at radius 3 is 2.62 bits per heavy atom. The Morgan fingerprint density at radius 1 is 1.33 bits per heavy atom. The van der Waals surface area contributed by atoms with Crippen LogP contribution >= 0.6 is 0 Å². The van der Waals surface area contributed by atoms with Crippen LogP contribution in [0.4, 0.5) is 0 Å². The highest BCUT2D eigenvalue weighted by Gasteiger charge is 2.23. The Bertz CT molecular complexity index is 504. The second-order valence-electron chi connectivity index (χ2n) is 5.61. The van der Waals surface area contributed by atoms with Crippen molar-refractivity contribution in [2.75, 3.05) is 13.2 Å². The predicted molar refractivity (Wildman–Crippen MR) is 80.1 cm³/mol. The van der Waals surface area contributed by atoms with E-state index in [-0.39, 0.29) is 18.4 Å². The first-order valence-corrected chi connectivity index (χ1v) is 7.48. The SMILES string of the molecule is CC(=O)OC(C)CCc1ccc(C)c(C2OCCO2)c1C. The average Bonchev–Trinajstić information content (AvgIpc) is 2.91. The van der Waals surface area contributed by atoms with E-state index in [9.17, 15) is 4.79 Å². The summed E-state index contributed by atoms with van der Waals surface area (Å²) in [6.45, 7) is 8.86. The van der Waals surface area contributed by atoms with Gasteiger partial charge in [0.25, 0.3) is 0 Å². The molecule has 1 aliphatic heterocycles. The van der Waals surface area contributed by atoms with Crippen LogP contribution < -0.4 is 0 Å². The van der Waals surface area contributed by atoms with E-state index >= 15 is 0 Å². The van der Waals surface area contributed by atoms with Crippen LogP contribution in [-0.4, -0.2) is 25.3 Å². The minimum absolute atomic E-state index is 0.0642. The van der Waals surface area contributed by atoms with E-state index in [1.54, 1.807) is 0 Å². The van der Waals surface area contributed by atoms with Crippen LogP contribution in [0.15, 0.2) is 12.1 Å². The summed E-state index contributed by atoms with van der Waals surface area (Å²) >= 11 is 0. The molecule has 1 aliphatic rings. The standard InChI is InChI=1S/C17H24O4/c1-11-5-7-15(8-6-12(2)21-14(4)18)13(3)16(11)17-19-9-10-20-17/h5,7,12,17H,6,8-10H2,1-4H3. The largest absolute Gasteiger partial charge is 0.463 e. The number of esters is 1. The highest BCUT2D eigenvalue weighted by Crippen LogP contribution is 2.31. The number of rotatable bonds is 5. The summed E-state index contributed by atoms with van der Waals surface area (Å²) in [7, 11) is 0. The van der Waals surface area contributed by atoms with Gasteiger partial charge in [0.2, 0.25) is 0 Å². The topological polar surface area (TPSA) is 44.8 Å². The number of hydrogen-bond donors (Lipinski definition) is 0. The first-order chi connectivity index (χ1) is 9.99. The fourth-order valence-electron chi connectivity index (χ4n) is 2.77. The normalized spacial score (nSPS) is 17.0. The molecule has 21 heavy (non-hydrogen) atoms. The lowest BCUT2D eigenvalue weighted by atomic mass is 9.94. The van der Waals surface area contributed by atoms with Crippen LogP contribution in [0.5, 0.6) is 0 Å². The van der Waals surface area contributed by atoms with Crippen molar-refractivity contribution in [2.45, 2.75) is 52.9 Å². The number of benzene rings is 1. The summed E-state index contributed by atoms with van der Waals surface area (Å²) in [4.78, 5) is 10.9. The highest BCUT2D eigenvalue weighted by molar-refractivity contribution is 5.66. The minimum Gasteiger partial charge on any atom is -0.463 e. The smallest absolute Gasteiger partial charge is 0.302 e. The van der Waals surface area contributed by atoms with Crippen LogP contribution in [0, 0.1) is 13.8 Å². The molecule has 0 bridgehead atoms. The third-order valence-corrected chi connectivity index (χ3v) is 3.89. The molecule has 4 heteroatoms. The van der Waals surface area contributed by atoms with Gasteiger partial charge in [-0.25, -0.2) is 0 Å². The molecule has 4 nitrogen and oxygen atoms in total. The van der Waals surface area contributed by atoms with Crippen molar-refractivity contribution in [1.29, 1.82) is 0 Å². The molecule has 1 aromatic rings. The molecular weight excluding hydrogens is 268 g/mol. The van der Waals surface area contributed by atoms with Crippen molar-refractivity contribution >= 4 is 5.97 Å². The van der Waals surface area contributed by atoms with Gasteiger partial charge in [-0.3, -0.25) is 4.79 Å². The molecule has 0 N–H and O–H groups in total. The highest BCUT2D eigenvalue weighted by atomic mass is 16.7. The van der Waals surface area contributed by atoms with E-state index in [1.807, 2.05) is 6.92 Å². The lowest BCUT2D eigenvalue weighted by molar-refractivity contribution is -0.145. The third-order valence-electron chi connectivity index (χ3n) is 3.89. The summed E-state index contributed by atoms with van der Waals surface area (Å²) < 4.78 is 16.5. The lowest BCUT2D eigenvalue weighted by Gasteiger charge is -2.19. The lowest BCUT2D eigenvalue weighted by Crippen LogP contribution is -2.14. The quantitative estimate of drug-likeness (QED) is 0.782. The summed E-state index contributed by atoms with van der Waals surface area (Å²) in [6, 6.07) is 4.25. The second-order valence-corrected chi connectivity index (χ2v) is 5.61. The molecule has 0 aliphatic carbocycles. The second kappa shape index (κ2) is 7.05. The van der Waals surface area contributed by atoms with Gasteiger partial charge in [-0.15, -0.1) is 0 Å². The molecule has 1 unspecified atom stereocenters. The van der Waals surface area contributed by atoms with Crippen molar-refractivity contribution in [3.63, 3.8) is 0 Å². The Balaban J connectivity index is 2.10. The number of carbonyl (C=O) groups is 1. The van der Waals surface area contributed by atoms with E-state index in [0.717, 1.165) is 18.4 Å². The van der Waals surface area contributed by atoms with Gasteiger partial charge in [-0.05, 0) is 50.3 Å². The van der Waals surface area contributed by atoms with E-state index < -0.39 is 0 Å². The van der Waals surface area contributed by atoms with Gasteiger partial charge in [-0.2, -0.15) is 0 Å². The molecular formula is C17H24O4. The zero-order chi connectivity index (χ0) is 15.4. The van der Waals surface area contributed by atoms with Crippen molar-refractivity contribution in [3.05, 3.63) is 34.4 Å². The van der Waals surface area contributed by atoms with E-state index in [4.69, 9.17) is 14.2 Å². The summed E-state index contributed by atoms with van der Waals surface area (Å²) in [6.07, 6.45) is 1.39. The Hall–Kier alpha value is -1.39. The van der Waals surface area contributed by atoms with Gasteiger partial charge in [0.05, 0.1) is 19.3 Å². The molecule has 0 spiro atoms. The van der Waals surface area contributed by atoms with Gasteiger partial charge in [0.1, 0.15) is 0 Å². The molecule has 0 amide bonds. The van der Waals surface area contributed by atoms with Crippen molar-refractivity contribution < 1.29 is 19.0 Å². The van der Waals surface area contributed by atoms with Crippen LogP contribution in [0.3, 0.4) is 0 Å². The molecule has 1 heterocycles. The summed E-state index contributed by atoms with van der Waals surface area (Å²) in [5, 5.41) is 0. The molecule has 1 aromatic carbocycles. The van der Waals surface area contributed by atoms with Crippen LogP contribution in [0.2, 0.25) is 0 Å². The van der Waals surface area contributed by atoms with E-state index in [1.165, 1.54) is 23.6 Å². The third kappa shape index (κ3) is 4.05. The Labute approximate surface area is 126 Å². The summed E-state index contributed by atoms with van der Waals surface area (Å²) in [5.74, 6) is -0.225. The molecule has 116 valence electrons. The number of hydrogen-bond acceptors (Lipinski definition) is 4. The molecule has 1 saturated heterocycles. The summed E-state index contributed by atoms with van der Waals surface area (Å²) in [5.41, 5.74) is 4.81. The van der Waals surface area contributed by atoms with Gasteiger partial charge in [0, 0.05) is 12.5 Å². The maximum atomic E-state index is 10.9. The fourth-order valence-corrected chi connectivity index (χ4v) is 2.77. The first-order valence-electron chi connectivity index (χ1n) is 7.48. The molecule has 1 atom stereocenters. The van der Waals surface area contributed by atoms with Gasteiger partial charge >= 0.3 is 5.97 Å². The molecule has 2 rings (SSSR count). The average molecular weight is 292 g/mol. The number of aryl methyl sites for hydroxylation is 2. The Kier molecular flexibility index (Phi) is 5.37. The van der Waals surface area contributed by atoms with Crippen LogP contribution in [-0.2, 0) is 25.4 Å². The van der Waals surface area contributed by atoms with Crippen molar-refractivity contribution in [3.8, 4) is 0 Å². The van der Waals surface area contributed by atoms with Crippen molar-refractivity contribution in [1.82, 2.24) is 0 Å². The van der Waals surface area contributed by atoms with Gasteiger partial charge in [-0.1, -0.05) is 12.1 Å². The van der Waals surface area contributed by atoms with Crippen LogP contribution in [0.25, 0.3) is 0 Å². The first kappa shape index (κ1) is 16.0. The zero-order valence-electron chi connectivity index (χ0n) is 13.3. The van der Waals surface area contributed by atoms with Crippen LogP contribution in [0.1, 0.15) is 48.8 Å². The van der Waals surface area contributed by atoms with Crippen molar-refractivity contribution in [2.24, 2.45) is 0 Å². The zero-order valence-corrected chi connectivity index (χ0v) is 13.3. The fraction of sp³-hybridized carbons (Fsp3) is 0.588.